The Morgan fingerprint density at radius 2 is 1.76 bits per heavy atom. The number of aliphatic hydroxyl groups excluding tert-OH is 1. The molecule has 2 aromatic rings. The van der Waals surface area contributed by atoms with Crippen molar-refractivity contribution in [1.29, 1.82) is 0 Å². The number of carbonyl (C=O) groups is 1. The van der Waals surface area contributed by atoms with Crippen LogP contribution >= 0.6 is 11.6 Å². The predicted octanol–water partition coefficient (Wildman–Crippen LogP) is 5.81. The second-order valence-electron chi connectivity index (χ2n) is 7.54. The van der Waals surface area contributed by atoms with Gasteiger partial charge in [0.2, 0.25) is 10.0 Å². The molecule has 0 aromatic heterocycles. The number of anilines is 1. The van der Waals surface area contributed by atoms with E-state index in [9.17, 15) is 23.4 Å². The Morgan fingerprint density at radius 1 is 1.09 bits per heavy atom. The van der Waals surface area contributed by atoms with Crippen LogP contribution in [0.15, 0.2) is 69.0 Å². The van der Waals surface area contributed by atoms with Gasteiger partial charge in [-0.3, -0.25) is 4.79 Å². The van der Waals surface area contributed by atoms with Crippen LogP contribution in [-0.2, 0) is 14.8 Å². The summed E-state index contributed by atoms with van der Waals surface area (Å²) in [7, 11) is -3.94. The lowest BCUT2D eigenvalue weighted by Gasteiger charge is -2.10. The summed E-state index contributed by atoms with van der Waals surface area (Å²) in [4.78, 5) is 12.1. The second kappa shape index (κ2) is 13.1. The number of carbonyl (C=O) groups excluding carboxylic acids is 1. The van der Waals surface area contributed by atoms with E-state index in [0.29, 0.717) is 12.1 Å². The smallest absolute Gasteiger partial charge is 0.279 e. The molecular weight excluding hydrogens is 480 g/mol. The van der Waals surface area contributed by atoms with Gasteiger partial charge in [0.05, 0.1) is 5.02 Å². The van der Waals surface area contributed by atoms with Crippen LogP contribution in [0.5, 0.6) is 5.75 Å². The Hall–Kier alpha value is -2.95. The molecule has 184 valence electrons. The van der Waals surface area contributed by atoms with E-state index in [0.717, 1.165) is 37.8 Å². The molecule has 11 heteroatoms. The fraction of sp³-hybridized carbons (Fsp3) is 0.348. The summed E-state index contributed by atoms with van der Waals surface area (Å²) in [6, 6.07) is 10.6. The van der Waals surface area contributed by atoms with Crippen LogP contribution < -0.4 is 10.0 Å². The first-order chi connectivity index (χ1) is 16.2. The van der Waals surface area contributed by atoms with Crippen LogP contribution in [0.3, 0.4) is 0 Å². The molecule has 0 heterocycles. The maximum Gasteiger partial charge on any atom is 0.279 e. The van der Waals surface area contributed by atoms with Gasteiger partial charge in [-0.1, -0.05) is 62.4 Å². The normalized spacial score (nSPS) is 12.6. The third-order valence-corrected chi connectivity index (χ3v) is 6.66. The van der Waals surface area contributed by atoms with Crippen molar-refractivity contribution in [3.63, 3.8) is 0 Å². The highest BCUT2D eigenvalue weighted by atomic mass is 35.5. The third-order valence-electron chi connectivity index (χ3n) is 4.74. The summed E-state index contributed by atoms with van der Waals surface area (Å²) in [6.45, 7) is 3.61. The van der Waals surface area contributed by atoms with Gasteiger partial charge in [-0.2, -0.15) is 0 Å². The topological polar surface area (TPSA) is 140 Å². The molecule has 0 aliphatic carbocycles. The molecule has 0 aliphatic heterocycles. The van der Waals surface area contributed by atoms with Gasteiger partial charge in [-0.15, -0.1) is 10.2 Å². The van der Waals surface area contributed by atoms with Crippen LogP contribution in [0.4, 0.5) is 11.4 Å². The quantitative estimate of drug-likeness (QED) is 0.124. The minimum absolute atomic E-state index is 0.172. The van der Waals surface area contributed by atoms with E-state index < -0.39 is 27.4 Å². The number of azo groups is 1. The van der Waals surface area contributed by atoms with Crippen molar-refractivity contribution in [1.82, 2.24) is 4.72 Å². The molecule has 2 aromatic carbocycles. The van der Waals surface area contributed by atoms with Crippen LogP contribution in [0.25, 0.3) is 0 Å². The average molecular weight is 509 g/mol. The number of aromatic hydroxyl groups is 1. The number of unbranched alkanes of at least 4 members (excludes halogenated alkanes) is 4. The van der Waals surface area contributed by atoms with Crippen molar-refractivity contribution in [3.8, 4) is 5.75 Å². The van der Waals surface area contributed by atoms with Gasteiger partial charge >= 0.3 is 0 Å². The zero-order valence-corrected chi connectivity index (χ0v) is 20.7. The van der Waals surface area contributed by atoms with Crippen molar-refractivity contribution >= 4 is 38.9 Å². The molecule has 0 fully saturated rings. The van der Waals surface area contributed by atoms with Crippen LogP contribution in [0, 0.1) is 0 Å². The van der Waals surface area contributed by atoms with Crippen molar-refractivity contribution in [2.24, 2.45) is 10.2 Å². The number of phenolic OH excluding ortho intramolecular Hbond substituents is 1. The number of halogens is 1. The number of nitrogens with zero attached hydrogens (tertiary/aromatic N) is 2. The van der Waals surface area contributed by atoms with Gasteiger partial charge in [-0.25, -0.2) is 13.1 Å². The van der Waals surface area contributed by atoms with Gasteiger partial charge < -0.3 is 15.5 Å². The lowest BCUT2D eigenvalue weighted by Crippen LogP contribution is -2.25. The van der Waals surface area contributed by atoms with Crippen molar-refractivity contribution in [2.75, 3.05) is 11.9 Å². The molecule has 0 bridgehead atoms. The molecule has 0 atom stereocenters. The molecule has 0 radical (unpaired) electrons. The molecule has 34 heavy (non-hydrogen) atoms. The van der Waals surface area contributed by atoms with Crippen LogP contribution in [-0.4, -0.2) is 31.1 Å². The first-order valence-corrected chi connectivity index (χ1v) is 12.7. The average Bonchev–Trinajstić information content (AvgIpc) is 2.78. The van der Waals surface area contributed by atoms with Gasteiger partial charge in [0.15, 0.2) is 5.70 Å². The number of hydrogen-bond acceptors (Lipinski definition) is 7. The lowest BCUT2D eigenvalue weighted by atomic mass is 10.2. The third kappa shape index (κ3) is 8.12. The van der Waals surface area contributed by atoms with E-state index in [4.69, 9.17) is 11.6 Å². The zero-order valence-electron chi connectivity index (χ0n) is 19.1. The standard InChI is InChI=1S/C23H29ClN4O5S/c1-3-4-5-6-10-13-25-34(32,33)21-15-20(30)19(14-18(21)24)27-28-22(16(2)29)23(31)26-17-11-8-7-9-12-17/h7-9,11-12,14-15,25,29-30H,3-6,10,13H2,1-2H3,(H,26,31)/b22-16-,28-27?. The summed E-state index contributed by atoms with van der Waals surface area (Å²) >= 11 is 6.14. The lowest BCUT2D eigenvalue weighted by molar-refractivity contribution is -0.113. The molecule has 4 N–H and O–H groups in total. The zero-order chi connectivity index (χ0) is 25.1. The molecule has 0 spiro atoms. The number of benzene rings is 2. The number of rotatable bonds is 12. The predicted molar refractivity (Wildman–Crippen MR) is 132 cm³/mol. The van der Waals surface area contributed by atoms with E-state index >= 15 is 0 Å². The van der Waals surface area contributed by atoms with Gasteiger partial charge in [0, 0.05) is 18.3 Å². The molecule has 1 amide bonds. The fourth-order valence-electron chi connectivity index (χ4n) is 2.93. The number of sulfonamides is 1. The van der Waals surface area contributed by atoms with Crippen molar-refractivity contribution < 1.29 is 23.4 Å². The summed E-state index contributed by atoms with van der Waals surface area (Å²) in [5.41, 5.74) is -0.0737. The van der Waals surface area contributed by atoms with Crippen LogP contribution in [0.2, 0.25) is 5.02 Å². The fourth-order valence-corrected chi connectivity index (χ4v) is 4.54. The van der Waals surface area contributed by atoms with E-state index in [-0.39, 0.29) is 27.8 Å². The Balaban J connectivity index is 2.15. The SMILES string of the molecule is CCCCCCCNS(=O)(=O)c1cc(O)c(N=N/C(C(=O)Nc2ccccc2)=C(/C)O)cc1Cl. The number of para-hydroxylation sites is 1. The first-order valence-electron chi connectivity index (χ1n) is 10.9. The van der Waals surface area contributed by atoms with E-state index in [1.165, 1.54) is 6.92 Å². The van der Waals surface area contributed by atoms with Crippen LogP contribution in [0.1, 0.15) is 46.0 Å². The molecule has 0 saturated carbocycles. The Morgan fingerprint density at radius 3 is 2.41 bits per heavy atom. The molecule has 0 saturated heterocycles. The number of aliphatic hydroxyl groups is 1. The van der Waals surface area contributed by atoms with E-state index in [1.807, 2.05) is 0 Å². The Bertz CT molecular complexity index is 1150. The number of nitrogens with one attached hydrogen (secondary N) is 2. The molecule has 9 nitrogen and oxygen atoms in total. The Kier molecular flexibility index (Phi) is 10.5. The minimum atomic E-state index is -3.94. The van der Waals surface area contributed by atoms with Gasteiger partial charge in [0.25, 0.3) is 5.91 Å². The summed E-state index contributed by atoms with van der Waals surface area (Å²) in [5, 5.41) is 30.0. The van der Waals surface area contributed by atoms with Gasteiger partial charge in [0.1, 0.15) is 22.1 Å². The molecular formula is C23H29ClN4O5S. The highest BCUT2D eigenvalue weighted by Crippen LogP contribution is 2.35. The van der Waals surface area contributed by atoms with Gasteiger partial charge in [-0.05, 0) is 31.5 Å². The summed E-state index contributed by atoms with van der Waals surface area (Å²) in [6.07, 6.45) is 4.83. The maximum absolute atomic E-state index is 12.6. The van der Waals surface area contributed by atoms with E-state index in [1.54, 1.807) is 30.3 Å². The molecule has 0 unspecified atom stereocenters. The largest absolute Gasteiger partial charge is 0.510 e. The number of phenols is 1. The number of hydrogen-bond donors (Lipinski definition) is 4. The monoisotopic (exact) mass is 508 g/mol. The van der Waals surface area contributed by atoms with Crippen molar-refractivity contribution in [3.05, 3.63) is 58.9 Å². The van der Waals surface area contributed by atoms with Crippen molar-refractivity contribution in [2.45, 2.75) is 50.8 Å². The second-order valence-corrected chi connectivity index (χ2v) is 9.68. The minimum Gasteiger partial charge on any atom is -0.510 e. The number of allylic oxidation sites excluding steroid dienone is 1. The van der Waals surface area contributed by atoms with E-state index in [2.05, 4.69) is 27.2 Å². The summed E-state index contributed by atoms with van der Waals surface area (Å²) < 4.78 is 27.6. The number of amides is 1. The first kappa shape index (κ1) is 27.3. The molecule has 2 rings (SSSR count). The summed E-state index contributed by atoms with van der Waals surface area (Å²) in [5.74, 6) is -1.62. The maximum atomic E-state index is 12.6. The Labute approximate surface area is 204 Å². The highest BCUT2D eigenvalue weighted by molar-refractivity contribution is 7.89. The highest BCUT2D eigenvalue weighted by Gasteiger charge is 2.21. The molecule has 0 aliphatic rings.